The van der Waals surface area contributed by atoms with E-state index in [9.17, 15) is 4.39 Å². The summed E-state index contributed by atoms with van der Waals surface area (Å²) in [4.78, 5) is 1.37. The minimum absolute atomic E-state index is 0.168. The molecule has 0 radical (unpaired) electrons. The van der Waals surface area contributed by atoms with Crippen molar-refractivity contribution >= 4 is 11.8 Å². The van der Waals surface area contributed by atoms with Crippen molar-refractivity contribution in [1.29, 1.82) is 0 Å². The molecule has 0 bridgehead atoms. The maximum atomic E-state index is 13.1. The average Bonchev–Trinajstić information content (AvgIpc) is 2.45. The SMILES string of the molecule is Fc1cccc(CNC2CCSc3ccccc32)c1. The summed E-state index contributed by atoms with van der Waals surface area (Å²) in [5.74, 6) is 0.969. The fraction of sp³-hybridized carbons (Fsp3) is 0.250. The van der Waals surface area contributed by atoms with E-state index in [1.54, 1.807) is 12.1 Å². The van der Waals surface area contributed by atoms with Crippen LogP contribution in [-0.4, -0.2) is 5.75 Å². The molecule has 1 atom stereocenters. The van der Waals surface area contributed by atoms with Gasteiger partial charge in [-0.05, 0) is 41.5 Å². The van der Waals surface area contributed by atoms with Gasteiger partial charge in [-0.25, -0.2) is 4.39 Å². The van der Waals surface area contributed by atoms with Crippen molar-refractivity contribution in [3.8, 4) is 0 Å². The minimum Gasteiger partial charge on any atom is -0.306 e. The van der Waals surface area contributed by atoms with E-state index in [2.05, 4.69) is 29.6 Å². The Kier molecular flexibility index (Phi) is 3.85. The van der Waals surface area contributed by atoms with E-state index in [0.717, 1.165) is 17.7 Å². The summed E-state index contributed by atoms with van der Waals surface area (Å²) in [6.45, 7) is 0.710. The van der Waals surface area contributed by atoms with Gasteiger partial charge in [0.1, 0.15) is 5.82 Å². The molecule has 0 saturated carbocycles. The summed E-state index contributed by atoms with van der Waals surface area (Å²) >= 11 is 1.92. The molecule has 1 aliphatic rings. The zero-order chi connectivity index (χ0) is 13.1. The maximum Gasteiger partial charge on any atom is 0.123 e. The third kappa shape index (κ3) is 2.99. The summed E-state index contributed by atoms with van der Waals surface area (Å²) < 4.78 is 13.1. The summed E-state index contributed by atoms with van der Waals surface area (Å²) in [5.41, 5.74) is 2.37. The third-order valence-corrected chi connectivity index (χ3v) is 4.52. The molecule has 0 spiro atoms. The number of benzene rings is 2. The second kappa shape index (κ2) is 5.76. The Morgan fingerprint density at radius 3 is 2.95 bits per heavy atom. The molecule has 1 unspecified atom stereocenters. The van der Waals surface area contributed by atoms with Crippen molar-refractivity contribution in [1.82, 2.24) is 5.32 Å². The van der Waals surface area contributed by atoms with Gasteiger partial charge < -0.3 is 5.32 Å². The normalized spacial score (nSPS) is 18.1. The summed E-state index contributed by atoms with van der Waals surface area (Å²) in [7, 11) is 0. The molecule has 2 aromatic rings. The molecule has 2 aromatic carbocycles. The van der Waals surface area contributed by atoms with Crippen LogP contribution in [0.1, 0.15) is 23.6 Å². The van der Waals surface area contributed by atoms with Gasteiger partial charge >= 0.3 is 0 Å². The topological polar surface area (TPSA) is 12.0 Å². The Labute approximate surface area is 117 Å². The second-order valence-corrected chi connectivity index (χ2v) is 5.88. The summed E-state index contributed by atoms with van der Waals surface area (Å²) in [6.07, 6.45) is 1.12. The molecule has 19 heavy (non-hydrogen) atoms. The first-order valence-electron chi connectivity index (χ1n) is 6.52. The van der Waals surface area contributed by atoms with E-state index < -0.39 is 0 Å². The van der Waals surface area contributed by atoms with Gasteiger partial charge in [0.05, 0.1) is 0 Å². The van der Waals surface area contributed by atoms with Crippen LogP contribution in [0.4, 0.5) is 4.39 Å². The van der Waals surface area contributed by atoms with Crippen LogP contribution in [0.2, 0.25) is 0 Å². The molecular formula is C16H16FNS. The first-order chi connectivity index (χ1) is 9.33. The fourth-order valence-electron chi connectivity index (χ4n) is 2.44. The van der Waals surface area contributed by atoms with Crippen LogP contribution in [0.25, 0.3) is 0 Å². The molecule has 0 saturated heterocycles. The minimum atomic E-state index is -0.168. The lowest BCUT2D eigenvalue weighted by Crippen LogP contribution is -2.24. The monoisotopic (exact) mass is 273 g/mol. The number of hydrogen-bond donors (Lipinski definition) is 1. The van der Waals surface area contributed by atoms with Gasteiger partial charge in [0.2, 0.25) is 0 Å². The van der Waals surface area contributed by atoms with Gasteiger partial charge in [-0.15, -0.1) is 11.8 Å². The van der Waals surface area contributed by atoms with Crippen molar-refractivity contribution in [2.75, 3.05) is 5.75 Å². The van der Waals surface area contributed by atoms with Crippen molar-refractivity contribution in [3.05, 3.63) is 65.5 Å². The third-order valence-electron chi connectivity index (χ3n) is 3.40. The van der Waals surface area contributed by atoms with Gasteiger partial charge in [0.25, 0.3) is 0 Å². The zero-order valence-electron chi connectivity index (χ0n) is 10.6. The molecule has 3 heteroatoms. The lowest BCUT2D eigenvalue weighted by Gasteiger charge is -2.26. The van der Waals surface area contributed by atoms with Crippen LogP contribution in [0.5, 0.6) is 0 Å². The zero-order valence-corrected chi connectivity index (χ0v) is 11.4. The quantitative estimate of drug-likeness (QED) is 0.901. The highest BCUT2D eigenvalue weighted by Crippen LogP contribution is 2.35. The molecule has 98 valence electrons. The Bertz CT molecular complexity index is 570. The lowest BCUT2D eigenvalue weighted by molar-refractivity contribution is 0.508. The molecular weight excluding hydrogens is 257 g/mol. The van der Waals surface area contributed by atoms with Gasteiger partial charge in [0, 0.05) is 17.5 Å². The van der Waals surface area contributed by atoms with Crippen molar-refractivity contribution in [2.24, 2.45) is 0 Å². The summed E-state index contributed by atoms with van der Waals surface area (Å²) in [5, 5.41) is 3.54. The smallest absolute Gasteiger partial charge is 0.123 e. The number of rotatable bonds is 3. The maximum absolute atomic E-state index is 13.1. The number of fused-ring (bicyclic) bond motifs is 1. The standard InChI is InChI=1S/C16H16FNS/c17-13-5-3-4-12(10-13)11-18-15-8-9-19-16-7-2-1-6-14(15)16/h1-7,10,15,18H,8-9,11H2. The number of thioether (sulfide) groups is 1. The Balaban J connectivity index is 1.71. The predicted molar refractivity (Wildman–Crippen MR) is 77.8 cm³/mol. The molecule has 0 amide bonds. The Morgan fingerprint density at radius 2 is 2.05 bits per heavy atom. The van der Waals surface area contributed by atoms with E-state index in [0.29, 0.717) is 12.6 Å². The van der Waals surface area contributed by atoms with Crippen molar-refractivity contribution < 1.29 is 4.39 Å². The van der Waals surface area contributed by atoms with E-state index in [1.165, 1.54) is 16.5 Å². The first kappa shape index (κ1) is 12.7. The Morgan fingerprint density at radius 1 is 1.16 bits per heavy atom. The second-order valence-electron chi connectivity index (χ2n) is 4.74. The van der Waals surface area contributed by atoms with Gasteiger partial charge in [-0.2, -0.15) is 0 Å². The molecule has 1 aliphatic heterocycles. The molecule has 1 N–H and O–H groups in total. The molecule has 3 rings (SSSR count). The molecule has 1 heterocycles. The number of nitrogens with one attached hydrogen (secondary N) is 1. The fourth-order valence-corrected chi connectivity index (χ4v) is 3.57. The van der Waals surface area contributed by atoms with Crippen LogP contribution in [-0.2, 0) is 6.54 Å². The van der Waals surface area contributed by atoms with Gasteiger partial charge in [-0.3, -0.25) is 0 Å². The van der Waals surface area contributed by atoms with Crippen LogP contribution in [0.15, 0.2) is 53.4 Å². The van der Waals surface area contributed by atoms with Crippen LogP contribution in [0.3, 0.4) is 0 Å². The largest absolute Gasteiger partial charge is 0.306 e. The van der Waals surface area contributed by atoms with Crippen LogP contribution in [0, 0.1) is 5.82 Å². The average molecular weight is 273 g/mol. The van der Waals surface area contributed by atoms with Gasteiger partial charge in [0.15, 0.2) is 0 Å². The summed E-state index contributed by atoms with van der Waals surface area (Å²) in [6, 6.07) is 15.7. The molecule has 0 aliphatic carbocycles. The highest BCUT2D eigenvalue weighted by atomic mass is 32.2. The number of halogens is 1. The molecule has 0 aromatic heterocycles. The first-order valence-corrected chi connectivity index (χ1v) is 7.51. The van der Waals surface area contributed by atoms with Crippen LogP contribution >= 0.6 is 11.8 Å². The molecule has 0 fully saturated rings. The van der Waals surface area contributed by atoms with E-state index in [4.69, 9.17) is 0 Å². The van der Waals surface area contributed by atoms with Crippen molar-refractivity contribution in [2.45, 2.75) is 23.9 Å². The van der Waals surface area contributed by atoms with E-state index in [-0.39, 0.29) is 5.82 Å². The highest BCUT2D eigenvalue weighted by Gasteiger charge is 2.19. The van der Waals surface area contributed by atoms with Crippen LogP contribution < -0.4 is 5.32 Å². The predicted octanol–water partition coefficient (Wildman–Crippen LogP) is 4.15. The Hall–Kier alpha value is -1.32. The van der Waals surface area contributed by atoms with Gasteiger partial charge in [-0.1, -0.05) is 30.3 Å². The van der Waals surface area contributed by atoms with Crippen molar-refractivity contribution in [3.63, 3.8) is 0 Å². The van der Waals surface area contributed by atoms with E-state index >= 15 is 0 Å². The van der Waals surface area contributed by atoms with E-state index in [1.807, 2.05) is 17.8 Å². The number of hydrogen-bond acceptors (Lipinski definition) is 2. The highest BCUT2D eigenvalue weighted by molar-refractivity contribution is 7.99. The lowest BCUT2D eigenvalue weighted by atomic mass is 10.0. The molecule has 1 nitrogen and oxygen atoms in total.